The SMILES string of the molecule is Cc1cc(NC(=O)c2cccc(S(=O)(=O)N=[SiH2])c2Cl)ccc1F. The molecule has 0 bridgehead atoms. The van der Waals surface area contributed by atoms with Crippen molar-refractivity contribution in [3.05, 3.63) is 58.4 Å². The Morgan fingerprint density at radius 3 is 2.61 bits per heavy atom. The molecule has 120 valence electrons. The van der Waals surface area contributed by atoms with E-state index in [1.165, 1.54) is 36.4 Å². The molecule has 1 amide bonds. The van der Waals surface area contributed by atoms with E-state index < -0.39 is 15.9 Å². The van der Waals surface area contributed by atoms with Gasteiger partial charge >= 0.3 is 0 Å². The largest absolute Gasteiger partial charge is 0.322 e. The molecule has 2 rings (SSSR count). The zero-order chi connectivity index (χ0) is 17.2. The van der Waals surface area contributed by atoms with Crippen LogP contribution in [0.1, 0.15) is 15.9 Å². The number of hydrogen-bond donors (Lipinski definition) is 1. The normalized spacial score (nSPS) is 11.1. The second kappa shape index (κ2) is 6.69. The third-order valence-corrected chi connectivity index (χ3v) is 5.85. The summed E-state index contributed by atoms with van der Waals surface area (Å²) in [6.45, 7) is 1.56. The molecule has 0 aliphatic carbocycles. The number of hydrogen-bond acceptors (Lipinski definition) is 3. The van der Waals surface area contributed by atoms with Gasteiger partial charge in [-0.3, -0.25) is 4.79 Å². The predicted octanol–water partition coefficient (Wildman–Crippen LogP) is 2.55. The second-order valence-corrected chi connectivity index (χ2v) is 7.44. The van der Waals surface area contributed by atoms with Gasteiger partial charge in [0.2, 0.25) is 0 Å². The van der Waals surface area contributed by atoms with Gasteiger partial charge in [-0.1, -0.05) is 17.7 Å². The minimum Gasteiger partial charge on any atom is -0.322 e. The van der Waals surface area contributed by atoms with Crippen LogP contribution in [0.25, 0.3) is 0 Å². The lowest BCUT2D eigenvalue weighted by molar-refractivity contribution is 0.102. The highest BCUT2D eigenvalue weighted by molar-refractivity contribution is 7.90. The highest BCUT2D eigenvalue weighted by atomic mass is 35.5. The maximum Gasteiger partial charge on any atom is 0.274 e. The number of sulfonamides is 1. The first-order valence-corrected chi connectivity index (χ1v) is 8.80. The Hall–Kier alpha value is -1.90. The molecule has 0 spiro atoms. The Bertz CT molecular complexity index is 903. The van der Waals surface area contributed by atoms with Crippen LogP contribution in [0.4, 0.5) is 10.1 Å². The van der Waals surface area contributed by atoms with Crippen molar-refractivity contribution < 1.29 is 17.6 Å². The van der Waals surface area contributed by atoms with Gasteiger partial charge in [0.15, 0.2) is 0 Å². The van der Waals surface area contributed by atoms with Gasteiger partial charge in [0, 0.05) is 5.69 Å². The van der Waals surface area contributed by atoms with Crippen LogP contribution >= 0.6 is 11.6 Å². The van der Waals surface area contributed by atoms with Crippen molar-refractivity contribution >= 4 is 43.3 Å². The van der Waals surface area contributed by atoms with Crippen molar-refractivity contribution in [2.45, 2.75) is 11.8 Å². The summed E-state index contributed by atoms with van der Waals surface area (Å²) in [6.07, 6.45) is 0. The van der Waals surface area contributed by atoms with Crippen LogP contribution in [0, 0.1) is 12.7 Å². The smallest absolute Gasteiger partial charge is 0.274 e. The highest BCUT2D eigenvalue weighted by Crippen LogP contribution is 2.27. The first kappa shape index (κ1) is 17.5. The zero-order valence-electron chi connectivity index (χ0n) is 12.0. The molecule has 0 aliphatic heterocycles. The highest BCUT2D eigenvalue weighted by Gasteiger charge is 2.21. The van der Waals surface area contributed by atoms with E-state index in [4.69, 9.17) is 11.6 Å². The van der Waals surface area contributed by atoms with Gasteiger partial charge in [0.1, 0.15) is 20.7 Å². The summed E-state index contributed by atoms with van der Waals surface area (Å²) >= 11 is 6.03. The molecule has 2 aromatic rings. The van der Waals surface area contributed by atoms with E-state index in [-0.39, 0.29) is 21.3 Å². The molecule has 23 heavy (non-hydrogen) atoms. The fraction of sp³-hybridized carbons (Fsp3) is 0.0714. The molecule has 0 fully saturated rings. The van der Waals surface area contributed by atoms with Crippen molar-refractivity contribution in [3.63, 3.8) is 0 Å². The Morgan fingerprint density at radius 1 is 1.30 bits per heavy atom. The molecule has 1 N–H and O–H groups in total. The Kier molecular flexibility index (Phi) is 5.08. The number of amides is 1. The number of anilines is 1. The van der Waals surface area contributed by atoms with Crippen LogP contribution < -0.4 is 5.32 Å². The minimum absolute atomic E-state index is 0.0123. The first-order chi connectivity index (χ1) is 10.8. The standard InChI is InChI=1S/C14H12ClFN2O3SSi/c1-8-7-9(5-6-11(8)16)17-14(19)10-3-2-4-12(13(10)15)22(20,21)18-23/h2-7H,23H2,1H3,(H,17,19). The van der Waals surface area contributed by atoms with E-state index in [0.29, 0.717) is 11.3 Å². The maximum atomic E-state index is 13.2. The lowest BCUT2D eigenvalue weighted by atomic mass is 10.2. The van der Waals surface area contributed by atoms with Crippen molar-refractivity contribution in [3.8, 4) is 0 Å². The summed E-state index contributed by atoms with van der Waals surface area (Å²) in [5, 5.41) is 2.34. The maximum absolute atomic E-state index is 13.2. The van der Waals surface area contributed by atoms with Crippen LogP contribution in [-0.2, 0) is 10.0 Å². The topological polar surface area (TPSA) is 75.6 Å². The van der Waals surface area contributed by atoms with Gasteiger partial charge in [-0.2, -0.15) is 0 Å². The summed E-state index contributed by atoms with van der Waals surface area (Å²) in [5.74, 6) is -0.990. The molecule has 0 unspecified atom stereocenters. The van der Waals surface area contributed by atoms with Crippen molar-refractivity contribution in [1.29, 1.82) is 0 Å². The van der Waals surface area contributed by atoms with Gasteiger partial charge in [0.05, 0.1) is 10.6 Å². The van der Waals surface area contributed by atoms with Crippen molar-refractivity contribution in [1.82, 2.24) is 0 Å². The molecule has 0 aliphatic rings. The van der Waals surface area contributed by atoms with Gasteiger partial charge in [0.25, 0.3) is 15.9 Å². The average molecular weight is 371 g/mol. The van der Waals surface area contributed by atoms with E-state index in [0.717, 1.165) is 10.0 Å². The second-order valence-electron chi connectivity index (χ2n) is 4.64. The molecule has 2 aromatic carbocycles. The molecular weight excluding hydrogens is 359 g/mol. The van der Waals surface area contributed by atoms with Crippen LogP contribution in [0.2, 0.25) is 5.02 Å². The molecule has 0 saturated carbocycles. The van der Waals surface area contributed by atoms with E-state index in [1.54, 1.807) is 6.92 Å². The monoisotopic (exact) mass is 370 g/mol. The third-order valence-electron chi connectivity index (χ3n) is 3.07. The van der Waals surface area contributed by atoms with Crippen LogP contribution in [0.15, 0.2) is 45.3 Å². The van der Waals surface area contributed by atoms with Gasteiger partial charge in [-0.15, -0.1) is 0 Å². The fourth-order valence-electron chi connectivity index (χ4n) is 1.88. The summed E-state index contributed by atoms with van der Waals surface area (Å²) in [5.41, 5.74) is 0.734. The number of aryl methyl sites for hydroxylation is 1. The molecule has 5 nitrogen and oxygen atoms in total. The van der Waals surface area contributed by atoms with Crippen LogP contribution in [0.3, 0.4) is 0 Å². The zero-order valence-corrected chi connectivity index (χ0v) is 15.0. The molecule has 0 saturated heterocycles. The lowest BCUT2D eigenvalue weighted by Crippen LogP contribution is -2.14. The Morgan fingerprint density at radius 2 is 2.00 bits per heavy atom. The first-order valence-electron chi connectivity index (χ1n) is 6.35. The van der Waals surface area contributed by atoms with Crippen LogP contribution in [0.5, 0.6) is 0 Å². The summed E-state index contributed by atoms with van der Waals surface area (Å²) < 4.78 is 40.2. The van der Waals surface area contributed by atoms with Crippen molar-refractivity contribution in [2.75, 3.05) is 5.32 Å². The number of rotatable bonds is 4. The fourth-order valence-corrected chi connectivity index (χ4v) is 3.52. The van der Waals surface area contributed by atoms with E-state index in [1.807, 2.05) is 0 Å². The van der Waals surface area contributed by atoms with Crippen LogP contribution in [-0.4, -0.2) is 24.4 Å². The van der Waals surface area contributed by atoms with E-state index >= 15 is 0 Å². The number of nitrogens with one attached hydrogen (secondary N) is 1. The predicted molar refractivity (Wildman–Crippen MR) is 88.7 cm³/mol. The number of nitrogens with zero attached hydrogens (tertiary/aromatic N) is 1. The number of halogens is 2. The molecule has 9 heteroatoms. The average Bonchev–Trinajstić information content (AvgIpc) is 2.51. The molecule has 0 radical (unpaired) electrons. The van der Waals surface area contributed by atoms with Gasteiger partial charge in [-0.05, 0) is 42.8 Å². The number of benzene rings is 2. The number of carbonyl (C=O) groups excluding carboxylic acids is 1. The summed E-state index contributed by atoms with van der Waals surface area (Å²) in [7, 11) is -2.98. The van der Waals surface area contributed by atoms with Crippen molar-refractivity contribution in [2.24, 2.45) is 4.04 Å². The van der Waals surface area contributed by atoms with E-state index in [2.05, 4.69) is 9.36 Å². The third kappa shape index (κ3) is 3.71. The molecule has 0 aromatic heterocycles. The quantitative estimate of drug-likeness (QED) is 0.840. The van der Waals surface area contributed by atoms with Gasteiger partial charge in [-0.25, -0.2) is 16.8 Å². The summed E-state index contributed by atoms with van der Waals surface area (Å²) in [4.78, 5) is 12.0. The summed E-state index contributed by atoms with van der Waals surface area (Å²) in [6, 6.07) is 8.16. The van der Waals surface area contributed by atoms with Gasteiger partial charge < -0.3 is 5.32 Å². The molecule has 0 atom stereocenters. The molecular formula is C14H12ClFN2O3SSi. The number of carbonyl (C=O) groups is 1. The lowest BCUT2D eigenvalue weighted by Gasteiger charge is -2.10. The minimum atomic E-state index is -3.89. The molecule has 0 heterocycles. The Labute approximate surface area is 140 Å². The van der Waals surface area contributed by atoms with E-state index in [9.17, 15) is 17.6 Å². The Balaban J connectivity index is 2.38.